The standard InChI is InChI=1S/C12H16N4/c1-10(2)15-8-11-7-13-4-3-12(11)16-6-5-14-9-16/h3-7,9-10,15H,8H2,1-2H3. The van der Waals surface area contributed by atoms with Gasteiger partial charge in [-0.15, -0.1) is 0 Å². The van der Waals surface area contributed by atoms with Gasteiger partial charge in [0.2, 0.25) is 0 Å². The summed E-state index contributed by atoms with van der Waals surface area (Å²) in [6.45, 7) is 5.08. The van der Waals surface area contributed by atoms with Gasteiger partial charge >= 0.3 is 0 Å². The van der Waals surface area contributed by atoms with E-state index >= 15 is 0 Å². The van der Waals surface area contributed by atoms with E-state index in [1.807, 2.05) is 23.0 Å². The minimum absolute atomic E-state index is 0.468. The van der Waals surface area contributed by atoms with Gasteiger partial charge in [-0.05, 0) is 6.07 Å². The monoisotopic (exact) mass is 216 g/mol. The minimum atomic E-state index is 0.468. The molecular weight excluding hydrogens is 200 g/mol. The molecule has 0 saturated carbocycles. The van der Waals surface area contributed by atoms with Gasteiger partial charge in [-0.3, -0.25) is 4.98 Å². The van der Waals surface area contributed by atoms with Crippen molar-refractivity contribution in [3.63, 3.8) is 0 Å². The molecule has 4 heteroatoms. The van der Waals surface area contributed by atoms with Gasteiger partial charge in [0.25, 0.3) is 0 Å². The molecule has 0 bridgehead atoms. The molecule has 0 amide bonds. The van der Waals surface area contributed by atoms with E-state index < -0.39 is 0 Å². The van der Waals surface area contributed by atoms with E-state index in [-0.39, 0.29) is 0 Å². The fourth-order valence-corrected chi connectivity index (χ4v) is 1.52. The maximum Gasteiger partial charge on any atom is 0.0991 e. The number of rotatable bonds is 4. The summed E-state index contributed by atoms with van der Waals surface area (Å²) in [7, 11) is 0. The molecule has 2 aromatic rings. The van der Waals surface area contributed by atoms with E-state index in [0.29, 0.717) is 6.04 Å². The summed E-state index contributed by atoms with van der Waals surface area (Å²) in [6, 6.07) is 2.47. The first-order valence-corrected chi connectivity index (χ1v) is 5.42. The van der Waals surface area contributed by atoms with Gasteiger partial charge in [0.1, 0.15) is 0 Å². The summed E-state index contributed by atoms with van der Waals surface area (Å²) in [5.41, 5.74) is 2.30. The third-order valence-electron chi connectivity index (χ3n) is 2.36. The molecule has 0 atom stereocenters. The second kappa shape index (κ2) is 4.90. The molecule has 2 aromatic heterocycles. The number of imidazole rings is 1. The zero-order valence-electron chi connectivity index (χ0n) is 9.59. The molecule has 84 valence electrons. The van der Waals surface area contributed by atoms with Gasteiger partial charge in [0.05, 0.1) is 12.0 Å². The summed E-state index contributed by atoms with van der Waals surface area (Å²) in [5.74, 6) is 0. The highest BCUT2D eigenvalue weighted by atomic mass is 15.0. The van der Waals surface area contributed by atoms with Crippen LogP contribution in [-0.4, -0.2) is 20.6 Å². The number of hydrogen-bond acceptors (Lipinski definition) is 3. The Labute approximate surface area is 95.4 Å². The topological polar surface area (TPSA) is 42.7 Å². The van der Waals surface area contributed by atoms with E-state index in [2.05, 4.69) is 29.1 Å². The highest BCUT2D eigenvalue weighted by molar-refractivity contribution is 5.38. The molecule has 16 heavy (non-hydrogen) atoms. The van der Waals surface area contributed by atoms with Gasteiger partial charge in [-0.1, -0.05) is 13.8 Å². The van der Waals surface area contributed by atoms with Gasteiger partial charge in [0, 0.05) is 42.9 Å². The zero-order valence-corrected chi connectivity index (χ0v) is 9.59. The second-order valence-electron chi connectivity index (χ2n) is 4.01. The van der Waals surface area contributed by atoms with Crippen LogP contribution in [0.15, 0.2) is 37.2 Å². The smallest absolute Gasteiger partial charge is 0.0991 e. The Hall–Kier alpha value is -1.68. The van der Waals surface area contributed by atoms with Crippen molar-refractivity contribution in [2.45, 2.75) is 26.4 Å². The third kappa shape index (κ3) is 2.46. The molecule has 0 unspecified atom stereocenters. The highest BCUT2D eigenvalue weighted by Gasteiger charge is 2.04. The molecule has 0 aromatic carbocycles. The maximum atomic E-state index is 4.16. The number of pyridine rings is 1. The molecule has 1 N–H and O–H groups in total. The Morgan fingerprint density at radius 3 is 2.88 bits per heavy atom. The normalized spacial score (nSPS) is 10.9. The molecule has 4 nitrogen and oxygen atoms in total. The lowest BCUT2D eigenvalue weighted by molar-refractivity contribution is 0.586. The predicted molar refractivity (Wildman–Crippen MR) is 63.3 cm³/mol. The van der Waals surface area contributed by atoms with Crippen LogP contribution < -0.4 is 5.32 Å². The average molecular weight is 216 g/mol. The lowest BCUT2D eigenvalue weighted by Gasteiger charge is -2.12. The number of aromatic nitrogens is 3. The summed E-state index contributed by atoms with van der Waals surface area (Å²) in [4.78, 5) is 8.22. The van der Waals surface area contributed by atoms with Crippen LogP contribution in [0.4, 0.5) is 0 Å². The Balaban J connectivity index is 2.24. The van der Waals surface area contributed by atoms with Crippen LogP contribution >= 0.6 is 0 Å². The molecule has 0 spiro atoms. The molecule has 0 saturated heterocycles. The van der Waals surface area contributed by atoms with Crippen molar-refractivity contribution in [2.75, 3.05) is 0 Å². The van der Waals surface area contributed by atoms with Crippen molar-refractivity contribution >= 4 is 0 Å². The van der Waals surface area contributed by atoms with Crippen molar-refractivity contribution in [1.82, 2.24) is 19.9 Å². The number of nitrogens with zero attached hydrogens (tertiary/aromatic N) is 3. The van der Waals surface area contributed by atoms with Gasteiger partial charge in [-0.25, -0.2) is 4.98 Å². The van der Waals surface area contributed by atoms with E-state index in [9.17, 15) is 0 Å². The predicted octanol–water partition coefficient (Wildman–Crippen LogP) is 1.77. The van der Waals surface area contributed by atoms with Crippen LogP contribution in [0.5, 0.6) is 0 Å². The van der Waals surface area contributed by atoms with Crippen molar-refractivity contribution in [3.05, 3.63) is 42.7 Å². The highest BCUT2D eigenvalue weighted by Crippen LogP contribution is 2.12. The van der Waals surface area contributed by atoms with Crippen LogP contribution in [0.3, 0.4) is 0 Å². The van der Waals surface area contributed by atoms with Crippen LogP contribution in [0.2, 0.25) is 0 Å². The molecule has 0 fully saturated rings. The SMILES string of the molecule is CC(C)NCc1cnccc1-n1ccnc1. The Morgan fingerprint density at radius 1 is 1.31 bits per heavy atom. The molecule has 0 aliphatic carbocycles. The van der Waals surface area contributed by atoms with Crippen LogP contribution in [0.1, 0.15) is 19.4 Å². The molecule has 0 aliphatic heterocycles. The molecular formula is C12H16N4. The first-order valence-electron chi connectivity index (χ1n) is 5.42. The Morgan fingerprint density at radius 2 is 2.19 bits per heavy atom. The van der Waals surface area contributed by atoms with Crippen molar-refractivity contribution in [1.29, 1.82) is 0 Å². The second-order valence-corrected chi connectivity index (χ2v) is 4.01. The van der Waals surface area contributed by atoms with E-state index in [1.165, 1.54) is 5.56 Å². The Kier molecular flexibility index (Phi) is 3.31. The van der Waals surface area contributed by atoms with E-state index in [4.69, 9.17) is 0 Å². The molecule has 0 radical (unpaired) electrons. The van der Waals surface area contributed by atoms with Crippen molar-refractivity contribution < 1.29 is 0 Å². The summed E-state index contributed by atoms with van der Waals surface area (Å²) >= 11 is 0. The van der Waals surface area contributed by atoms with Gasteiger partial charge < -0.3 is 9.88 Å². The van der Waals surface area contributed by atoms with Gasteiger partial charge in [-0.2, -0.15) is 0 Å². The Bertz CT molecular complexity index is 434. The van der Waals surface area contributed by atoms with Crippen LogP contribution in [-0.2, 0) is 6.54 Å². The van der Waals surface area contributed by atoms with Crippen molar-refractivity contribution in [3.8, 4) is 5.69 Å². The summed E-state index contributed by atoms with van der Waals surface area (Å²) in [6.07, 6.45) is 9.21. The fourth-order valence-electron chi connectivity index (χ4n) is 1.52. The first-order chi connectivity index (χ1) is 7.77. The average Bonchev–Trinajstić information content (AvgIpc) is 2.80. The lowest BCUT2D eigenvalue weighted by Crippen LogP contribution is -2.22. The fraction of sp³-hybridized carbons (Fsp3) is 0.333. The molecule has 2 rings (SSSR count). The first kappa shape index (κ1) is 10.8. The minimum Gasteiger partial charge on any atom is -0.310 e. The van der Waals surface area contributed by atoms with E-state index in [0.717, 1.165) is 12.2 Å². The third-order valence-corrected chi connectivity index (χ3v) is 2.36. The number of nitrogens with one attached hydrogen (secondary N) is 1. The van der Waals surface area contributed by atoms with Crippen LogP contribution in [0.25, 0.3) is 5.69 Å². The summed E-state index contributed by atoms with van der Waals surface area (Å²) in [5, 5.41) is 3.39. The summed E-state index contributed by atoms with van der Waals surface area (Å²) < 4.78 is 2.00. The van der Waals surface area contributed by atoms with E-state index in [1.54, 1.807) is 18.7 Å². The van der Waals surface area contributed by atoms with Gasteiger partial charge in [0.15, 0.2) is 0 Å². The largest absolute Gasteiger partial charge is 0.310 e. The van der Waals surface area contributed by atoms with Crippen LogP contribution in [0, 0.1) is 0 Å². The zero-order chi connectivity index (χ0) is 11.4. The quantitative estimate of drug-likeness (QED) is 0.847. The lowest BCUT2D eigenvalue weighted by atomic mass is 10.2. The maximum absolute atomic E-state index is 4.16. The molecule has 2 heterocycles. The molecule has 0 aliphatic rings. The number of hydrogen-bond donors (Lipinski definition) is 1. The van der Waals surface area contributed by atoms with Crippen molar-refractivity contribution in [2.24, 2.45) is 0 Å².